The molecule has 0 radical (unpaired) electrons. The van der Waals surface area contributed by atoms with Crippen LogP contribution in [0.3, 0.4) is 0 Å². The predicted octanol–water partition coefficient (Wildman–Crippen LogP) is 10.4. The Hall–Kier alpha value is -5.10. The molecule has 0 saturated heterocycles. The zero-order valence-electron chi connectivity index (χ0n) is 23.6. The van der Waals surface area contributed by atoms with Gasteiger partial charge in [-0.1, -0.05) is 35.3 Å². The first-order valence-corrected chi connectivity index (χ1v) is 15.4. The Kier molecular flexibility index (Phi) is 7.75. The number of fused-ring (bicyclic) bond motifs is 2. The highest BCUT2D eigenvalue weighted by atomic mass is 35.5. The Bertz CT molecular complexity index is 2360. The number of hydrogen-bond acceptors (Lipinski definition) is 3. The quantitative estimate of drug-likeness (QED) is 0.131. The summed E-state index contributed by atoms with van der Waals surface area (Å²) in [5.74, 6) is -5.17. The number of hydrogen-bond donors (Lipinski definition) is 4. The Balaban J connectivity index is 1.11. The van der Waals surface area contributed by atoms with Crippen molar-refractivity contribution in [3.63, 3.8) is 0 Å². The van der Waals surface area contributed by atoms with Crippen LogP contribution in [-0.2, 0) is 0 Å². The highest BCUT2D eigenvalue weighted by molar-refractivity contribution is 7.14. The van der Waals surface area contributed by atoms with E-state index in [0.29, 0.717) is 33.2 Å². The molecule has 7 rings (SSSR count). The van der Waals surface area contributed by atoms with Gasteiger partial charge in [0.15, 0.2) is 23.3 Å². The molecule has 2 amide bonds. The van der Waals surface area contributed by atoms with Crippen molar-refractivity contribution in [2.45, 2.75) is 0 Å². The molecule has 0 saturated carbocycles. The number of halogens is 6. The molecule has 3 aromatic heterocycles. The zero-order chi connectivity index (χ0) is 33.0. The molecule has 4 N–H and O–H groups in total. The van der Waals surface area contributed by atoms with Gasteiger partial charge in [0.2, 0.25) is 0 Å². The van der Waals surface area contributed by atoms with Crippen molar-refractivity contribution in [1.29, 1.82) is 0 Å². The van der Waals surface area contributed by atoms with Gasteiger partial charge in [0, 0.05) is 51.3 Å². The van der Waals surface area contributed by atoms with Gasteiger partial charge in [-0.25, -0.2) is 17.6 Å². The number of carbonyl (C=O) groups is 2. The van der Waals surface area contributed by atoms with Crippen molar-refractivity contribution >= 4 is 79.5 Å². The Morgan fingerprint density at radius 2 is 1.15 bits per heavy atom. The van der Waals surface area contributed by atoms with Gasteiger partial charge < -0.3 is 20.6 Å². The number of anilines is 2. The molecule has 0 aliphatic carbocycles. The Morgan fingerprint density at radius 1 is 0.638 bits per heavy atom. The molecular formula is C34H18Cl2F4N4O2S. The van der Waals surface area contributed by atoms with E-state index in [9.17, 15) is 27.2 Å². The average Bonchev–Trinajstić information content (AvgIpc) is 3.77. The lowest BCUT2D eigenvalue weighted by Crippen LogP contribution is -2.13. The molecule has 4 aromatic carbocycles. The highest BCUT2D eigenvalue weighted by Gasteiger charge is 2.21. The number of benzene rings is 4. The van der Waals surface area contributed by atoms with Crippen molar-refractivity contribution < 1.29 is 27.2 Å². The van der Waals surface area contributed by atoms with Gasteiger partial charge >= 0.3 is 0 Å². The third-order valence-electron chi connectivity index (χ3n) is 7.60. The van der Waals surface area contributed by atoms with E-state index in [1.54, 1.807) is 36.4 Å². The minimum atomic E-state index is -1.06. The molecule has 0 spiro atoms. The molecule has 6 nitrogen and oxygen atoms in total. The van der Waals surface area contributed by atoms with Crippen molar-refractivity contribution in [2.75, 3.05) is 10.6 Å². The molecule has 0 atom stereocenters. The van der Waals surface area contributed by atoms with E-state index >= 15 is 0 Å². The van der Waals surface area contributed by atoms with Gasteiger partial charge in [0.1, 0.15) is 0 Å². The fourth-order valence-corrected chi connectivity index (χ4v) is 6.88. The summed E-state index contributed by atoms with van der Waals surface area (Å²) >= 11 is 14.6. The Morgan fingerprint density at radius 3 is 1.70 bits per heavy atom. The van der Waals surface area contributed by atoms with E-state index in [1.165, 1.54) is 23.7 Å². The summed E-state index contributed by atoms with van der Waals surface area (Å²) in [5, 5.41) is 8.01. The summed E-state index contributed by atoms with van der Waals surface area (Å²) in [7, 11) is 0. The second kappa shape index (κ2) is 11.9. The van der Waals surface area contributed by atoms with Crippen LogP contribution in [0.2, 0.25) is 10.0 Å². The third kappa shape index (κ3) is 5.62. The summed E-state index contributed by atoms with van der Waals surface area (Å²) < 4.78 is 54.8. The lowest BCUT2D eigenvalue weighted by molar-refractivity contribution is 0.101. The molecule has 7 aromatic rings. The van der Waals surface area contributed by atoms with Crippen LogP contribution in [0.15, 0.2) is 84.5 Å². The van der Waals surface area contributed by atoms with Gasteiger partial charge in [0.25, 0.3) is 11.8 Å². The fourth-order valence-electron chi connectivity index (χ4n) is 5.30. The van der Waals surface area contributed by atoms with Crippen LogP contribution in [0.1, 0.15) is 20.7 Å². The highest BCUT2D eigenvalue weighted by Crippen LogP contribution is 2.40. The number of aromatic amines is 2. The lowest BCUT2D eigenvalue weighted by Gasteiger charge is -2.12. The molecule has 0 aliphatic heterocycles. The summed E-state index contributed by atoms with van der Waals surface area (Å²) in [5.41, 5.74) is 3.75. The SMILES string of the molecule is O=C(Nc1c[nH]c2cc(F)c(F)cc12)c1ccc(-c2sccc2-c2cc(Cl)c(C(=O)Nc3c[nH]c4cc(F)c(F)cc34)c(Cl)c2)cc1. The maximum absolute atomic E-state index is 13.8. The minimum Gasteiger partial charge on any atom is -0.359 e. The molecule has 3 heterocycles. The van der Waals surface area contributed by atoms with E-state index in [-0.39, 0.29) is 26.7 Å². The molecule has 0 bridgehead atoms. The standard InChI is InChI=1S/C34H18Cl2F4N4O2S/c35-21-7-17(8-22(36)31(21)34(46)44-30-14-42-28-12-26(40)24(38)10-20(28)30)18-5-6-47-32(18)15-1-3-16(4-2-15)33(45)43-29-13-41-27-11-25(39)23(37)9-19(27)29/h1-14,41-42H,(H,43,45)(H,44,46). The van der Waals surface area contributed by atoms with Crippen molar-refractivity contribution in [3.8, 4) is 21.6 Å². The molecule has 0 aliphatic rings. The first-order valence-electron chi connectivity index (χ1n) is 13.8. The normalized spacial score (nSPS) is 11.4. The van der Waals surface area contributed by atoms with E-state index in [0.717, 1.165) is 40.3 Å². The average molecular weight is 694 g/mol. The van der Waals surface area contributed by atoms with Gasteiger partial charge in [-0.3, -0.25) is 9.59 Å². The number of aromatic nitrogens is 2. The van der Waals surface area contributed by atoms with Crippen molar-refractivity contribution in [3.05, 3.63) is 129 Å². The van der Waals surface area contributed by atoms with Gasteiger partial charge in [-0.2, -0.15) is 0 Å². The maximum Gasteiger partial charge on any atom is 0.258 e. The first-order chi connectivity index (χ1) is 22.6. The molecule has 47 heavy (non-hydrogen) atoms. The van der Waals surface area contributed by atoms with Gasteiger partial charge in [-0.05, 0) is 59.0 Å². The third-order valence-corrected chi connectivity index (χ3v) is 9.16. The largest absolute Gasteiger partial charge is 0.359 e. The number of nitrogens with one attached hydrogen (secondary N) is 4. The minimum absolute atomic E-state index is 0.00392. The fraction of sp³-hybridized carbons (Fsp3) is 0. The Labute approximate surface area is 277 Å². The number of rotatable bonds is 6. The first kappa shape index (κ1) is 30.5. The predicted molar refractivity (Wildman–Crippen MR) is 178 cm³/mol. The smallest absolute Gasteiger partial charge is 0.258 e. The summed E-state index contributed by atoms with van der Waals surface area (Å²) in [4.78, 5) is 32.6. The van der Waals surface area contributed by atoms with E-state index in [4.69, 9.17) is 23.2 Å². The second-order valence-corrected chi connectivity index (χ2v) is 12.2. The van der Waals surface area contributed by atoms with E-state index < -0.39 is 35.1 Å². The molecule has 0 unspecified atom stereocenters. The number of H-pyrrole nitrogens is 2. The molecular weight excluding hydrogens is 675 g/mol. The maximum atomic E-state index is 13.8. The zero-order valence-corrected chi connectivity index (χ0v) is 25.9. The van der Waals surface area contributed by atoms with Gasteiger partial charge in [0.05, 0.1) is 38.0 Å². The molecule has 13 heteroatoms. The van der Waals surface area contributed by atoms with E-state index in [1.807, 2.05) is 11.4 Å². The summed E-state index contributed by atoms with van der Waals surface area (Å²) in [6.07, 6.45) is 2.88. The van der Waals surface area contributed by atoms with Crippen molar-refractivity contribution in [1.82, 2.24) is 9.97 Å². The van der Waals surface area contributed by atoms with Crippen LogP contribution >= 0.6 is 34.5 Å². The second-order valence-electron chi connectivity index (χ2n) is 10.5. The van der Waals surface area contributed by atoms with Gasteiger partial charge in [-0.15, -0.1) is 11.3 Å². The summed E-state index contributed by atoms with van der Waals surface area (Å²) in [6, 6.07) is 15.9. The van der Waals surface area contributed by atoms with Crippen molar-refractivity contribution in [2.24, 2.45) is 0 Å². The van der Waals surface area contributed by atoms with Crippen LogP contribution in [0.5, 0.6) is 0 Å². The monoisotopic (exact) mass is 692 g/mol. The number of thiophene rings is 1. The summed E-state index contributed by atoms with van der Waals surface area (Å²) in [6.45, 7) is 0. The van der Waals surface area contributed by atoms with E-state index in [2.05, 4.69) is 20.6 Å². The molecule has 0 fully saturated rings. The van der Waals surface area contributed by atoms with Crippen LogP contribution in [0.4, 0.5) is 28.9 Å². The lowest BCUT2D eigenvalue weighted by atomic mass is 10.0. The van der Waals surface area contributed by atoms with Crippen LogP contribution in [0, 0.1) is 23.3 Å². The topological polar surface area (TPSA) is 89.8 Å². The van der Waals surface area contributed by atoms with Crippen LogP contribution < -0.4 is 10.6 Å². The number of amides is 2. The van der Waals surface area contributed by atoms with Crippen LogP contribution in [0.25, 0.3) is 43.4 Å². The molecule has 234 valence electrons. The number of carbonyl (C=O) groups excluding carboxylic acids is 2. The van der Waals surface area contributed by atoms with Crippen LogP contribution in [-0.4, -0.2) is 21.8 Å².